The number of benzene rings is 2. The molecule has 0 saturated carbocycles. The number of rotatable bonds is 7. The number of nitrogens with one attached hydrogen (secondary N) is 3. The minimum atomic E-state index is -3.69. The molecule has 0 fully saturated rings. The summed E-state index contributed by atoms with van der Waals surface area (Å²) >= 11 is 8.10. The molecule has 0 spiro atoms. The van der Waals surface area contributed by atoms with Gasteiger partial charge in [0.05, 0.1) is 9.79 Å². The molecule has 4 heterocycles. The van der Waals surface area contributed by atoms with Crippen molar-refractivity contribution in [1.82, 2.24) is 9.97 Å². The van der Waals surface area contributed by atoms with Gasteiger partial charge in [0.15, 0.2) is 10.3 Å². The first kappa shape index (κ1) is 30.2. The second-order valence-corrected chi connectivity index (χ2v) is 14.7. The Bertz CT molecular complexity index is 1760. The number of carbonyl (C=O) groups excluding carboxylic acids is 1. The van der Waals surface area contributed by atoms with E-state index in [0.717, 1.165) is 54.7 Å². The molecule has 2 aliphatic heterocycles. The summed E-state index contributed by atoms with van der Waals surface area (Å²) in [5, 5.41) is 7.39. The Morgan fingerprint density at radius 3 is 2.07 bits per heavy atom. The summed E-state index contributed by atoms with van der Waals surface area (Å²) in [6.45, 7) is 1.54. The fourth-order valence-corrected chi connectivity index (χ4v) is 8.41. The first-order valence-corrected chi connectivity index (χ1v) is 18.1. The highest BCUT2D eigenvalue weighted by Gasteiger charge is 2.25. The zero-order valence-corrected chi connectivity index (χ0v) is 26.1. The van der Waals surface area contributed by atoms with E-state index in [1.807, 2.05) is 6.07 Å². The largest absolute Gasteiger partial charge is 0.385 e. The average molecular weight is 667 g/mol. The van der Waals surface area contributed by atoms with Gasteiger partial charge < -0.3 is 10.2 Å². The topological polar surface area (TPSA) is 150 Å². The van der Waals surface area contributed by atoms with E-state index in [2.05, 4.69) is 24.7 Å². The molecule has 11 nitrogen and oxygen atoms in total. The predicted octanol–water partition coefficient (Wildman–Crippen LogP) is 4.76. The molecule has 222 valence electrons. The Hall–Kier alpha value is -3.24. The van der Waals surface area contributed by atoms with Crippen molar-refractivity contribution >= 4 is 81.9 Å². The van der Waals surface area contributed by atoms with Crippen LogP contribution in [-0.4, -0.2) is 51.7 Å². The summed E-state index contributed by atoms with van der Waals surface area (Å²) in [6.07, 6.45) is 6.53. The van der Waals surface area contributed by atoms with Crippen LogP contribution >= 0.6 is 34.3 Å². The first-order valence-electron chi connectivity index (χ1n) is 12.9. The minimum absolute atomic E-state index is 0.0922. The summed E-state index contributed by atoms with van der Waals surface area (Å²) in [6, 6.07) is 9.94. The van der Waals surface area contributed by atoms with Gasteiger partial charge in [-0.1, -0.05) is 0 Å². The zero-order chi connectivity index (χ0) is 29.7. The zero-order valence-electron chi connectivity index (χ0n) is 22.1. The van der Waals surface area contributed by atoms with Crippen molar-refractivity contribution in [3.63, 3.8) is 0 Å². The van der Waals surface area contributed by atoms with Crippen LogP contribution in [0.2, 0.25) is 0 Å². The number of halogens is 1. The van der Waals surface area contributed by atoms with Gasteiger partial charge in [0.2, 0.25) is 5.91 Å². The molecule has 0 bridgehead atoms. The van der Waals surface area contributed by atoms with E-state index in [1.54, 1.807) is 46.1 Å². The molecule has 16 heteroatoms. The van der Waals surface area contributed by atoms with Gasteiger partial charge in [0.25, 0.3) is 20.0 Å². The molecule has 0 radical (unpaired) electrons. The standard InChI is InChI=1S/C14H14ClN3O3S2.C12H13N3O2S2/c15-9-13(19)18-6-1-2-10-8-11(3-4-12(10)18)23(20,21)17-14-16-5-7-22-14;16-19(17,15-12-14-6-7-18-12)10-3-4-11-9(8-10)2-1-5-13-11/h3-5,7-8H,1-2,6,9H2,(H,16,17);3-4,6-8,13H,1-2,5H2,(H,14,15). The number of nitrogens with zero attached hydrogens (tertiary/aromatic N) is 3. The highest BCUT2D eigenvalue weighted by atomic mass is 35.5. The lowest BCUT2D eigenvalue weighted by Crippen LogP contribution is -2.36. The van der Waals surface area contributed by atoms with Crippen molar-refractivity contribution in [2.75, 3.05) is 38.6 Å². The van der Waals surface area contributed by atoms with Gasteiger partial charge in [0, 0.05) is 47.6 Å². The molecular formula is C26H27ClN6O5S4. The van der Waals surface area contributed by atoms with E-state index >= 15 is 0 Å². The van der Waals surface area contributed by atoms with E-state index in [1.165, 1.54) is 34.9 Å². The Labute approximate surface area is 257 Å². The van der Waals surface area contributed by atoms with Gasteiger partial charge in [-0.15, -0.1) is 34.3 Å². The highest BCUT2D eigenvalue weighted by Crippen LogP contribution is 2.31. The molecule has 0 saturated heterocycles. The number of hydrogen-bond donors (Lipinski definition) is 3. The first-order chi connectivity index (χ1) is 20.2. The lowest BCUT2D eigenvalue weighted by Gasteiger charge is -2.29. The van der Waals surface area contributed by atoms with Crippen LogP contribution in [0.1, 0.15) is 24.0 Å². The number of alkyl halides is 1. The molecule has 4 aromatic rings. The van der Waals surface area contributed by atoms with Crippen LogP contribution < -0.4 is 19.7 Å². The summed E-state index contributed by atoms with van der Waals surface area (Å²) < 4.78 is 54.2. The number of aromatic nitrogens is 2. The quantitative estimate of drug-likeness (QED) is 0.239. The Kier molecular flexibility index (Phi) is 9.32. The van der Waals surface area contributed by atoms with Crippen LogP contribution in [0.4, 0.5) is 21.6 Å². The third kappa shape index (κ3) is 7.03. The lowest BCUT2D eigenvalue weighted by molar-refractivity contribution is -0.116. The van der Waals surface area contributed by atoms with Crippen molar-refractivity contribution in [3.05, 3.63) is 70.7 Å². The summed E-state index contributed by atoms with van der Waals surface area (Å²) in [7, 11) is -7.24. The molecule has 2 aliphatic rings. The molecule has 0 atom stereocenters. The van der Waals surface area contributed by atoms with Crippen LogP contribution in [0.25, 0.3) is 0 Å². The van der Waals surface area contributed by atoms with Gasteiger partial charge in [-0.05, 0) is 73.2 Å². The number of amides is 1. The van der Waals surface area contributed by atoms with Crippen LogP contribution in [0.15, 0.2) is 69.3 Å². The summed E-state index contributed by atoms with van der Waals surface area (Å²) in [4.78, 5) is 21.8. The third-order valence-corrected chi connectivity index (χ3v) is 11.1. The van der Waals surface area contributed by atoms with Crippen molar-refractivity contribution in [2.24, 2.45) is 0 Å². The van der Waals surface area contributed by atoms with E-state index < -0.39 is 20.0 Å². The summed E-state index contributed by atoms with van der Waals surface area (Å²) in [5.74, 6) is -0.269. The molecule has 2 aromatic carbocycles. The maximum atomic E-state index is 12.4. The second-order valence-electron chi connectivity index (χ2n) is 9.31. The van der Waals surface area contributed by atoms with Crippen molar-refractivity contribution in [3.8, 4) is 0 Å². The molecule has 0 unspecified atom stereocenters. The Morgan fingerprint density at radius 1 is 0.881 bits per heavy atom. The van der Waals surface area contributed by atoms with Gasteiger partial charge in [-0.25, -0.2) is 26.8 Å². The van der Waals surface area contributed by atoms with E-state index in [4.69, 9.17) is 11.6 Å². The van der Waals surface area contributed by atoms with Gasteiger partial charge in [-0.3, -0.25) is 14.2 Å². The highest BCUT2D eigenvalue weighted by molar-refractivity contribution is 7.93. The molecule has 2 aromatic heterocycles. The molecule has 1 amide bonds. The van der Waals surface area contributed by atoms with Crippen molar-refractivity contribution < 1.29 is 21.6 Å². The van der Waals surface area contributed by atoms with Crippen LogP contribution in [0, 0.1) is 0 Å². The normalized spacial score (nSPS) is 14.5. The fraction of sp³-hybridized carbons (Fsp3) is 0.269. The lowest BCUT2D eigenvalue weighted by atomic mass is 10.0. The Balaban J connectivity index is 0.000000171. The van der Waals surface area contributed by atoms with E-state index in [9.17, 15) is 21.6 Å². The van der Waals surface area contributed by atoms with Gasteiger partial charge >= 0.3 is 0 Å². The fourth-order valence-electron chi connectivity index (χ4n) is 4.59. The molecule has 0 aliphatic carbocycles. The minimum Gasteiger partial charge on any atom is -0.385 e. The van der Waals surface area contributed by atoms with Gasteiger partial charge in [-0.2, -0.15) is 0 Å². The van der Waals surface area contributed by atoms with Crippen LogP contribution in [0.5, 0.6) is 0 Å². The third-order valence-electron chi connectivity index (χ3n) is 6.53. The number of anilines is 4. The number of carbonyl (C=O) groups is 1. The monoisotopic (exact) mass is 666 g/mol. The molecule has 3 N–H and O–H groups in total. The maximum absolute atomic E-state index is 12.4. The summed E-state index contributed by atoms with van der Waals surface area (Å²) in [5.41, 5.74) is 3.64. The number of fused-ring (bicyclic) bond motifs is 2. The number of thiazole rings is 2. The number of aryl methyl sites for hydroxylation is 2. The molecule has 6 rings (SSSR count). The number of hydrogen-bond acceptors (Lipinski definition) is 10. The molecular weight excluding hydrogens is 640 g/mol. The predicted molar refractivity (Wildman–Crippen MR) is 167 cm³/mol. The van der Waals surface area contributed by atoms with Crippen LogP contribution in [-0.2, 0) is 37.7 Å². The Morgan fingerprint density at radius 2 is 1.48 bits per heavy atom. The maximum Gasteiger partial charge on any atom is 0.263 e. The van der Waals surface area contributed by atoms with E-state index in [-0.39, 0.29) is 21.6 Å². The SMILES string of the molecule is O=C(CCl)N1CCCc2cc(S(=O)(=O)Nc3nccs3)ccc21.O=S(=O)(Nc1nccs1)c1ccc2c(c1)CCCN2. The van der Waals surface area contributed by atoms with Gasteiger partial charge in [0.1, 0.15) is 5.88 Å². The van der Waals surface area contributed by atoms with Crippen molar-refractivity contribution in [2.45, 2.75) is 35.5 Å². The smallest absolute Gasteiger partial charge is 0.263 e. The molecule has 42 heavy (non-hydrogen) atoms. The average Bonchev–Trinajstić information content (AvgIpc) is 3.70. The van der Waals surface area contributed by atoms with E-state index in [0.29, 0.717) is 16.8 Å². The number of sulfonamides is 2. The second kappa shape index (κ2) is 13.0. The van der Waals surface area contributed by atoms with Crippen molar-refractivity contribution in [1.29, 1.82) is 0 Å². The van der Waals surface area contributed by atoms with Crippen LogP contribution in [0.3, 0.4) is 0 Å².